The van der Waals surface area contributed by atoms with E-state index in [0.29, 0.717) is 12.8 Å². The van der Waals surface area contributed by atoms with Crippen molar-refractivity contribution in [1.82, 2.24) is 5.32 Å². The van der Waals surface area contributed by atoms with Crippen molar-refractivity contribution in [2.75, 3.05) is 6.54 Å². The Labute approximate surface area is 136 Å². The van der Waals surface area contributed by atoms with Crippen LogP contribution in [0.25, 0.3) is 0 Å². The number of alkyl halides is 2. The molecule has 2 nitrogen and oxygen atoms in total. The Morgan fingerprint density at radius 3 is 2.27 bits per heavy atom. The minimum absolute atomic E-state index is 0.0373. The maximum absolute atomic E-state index is 13.1. The van der Waals surface area contributed by atoms with Gasteiger partial charge in [0.1, 0.15) is 0 Å². The molecule has 1 fully saturated rings. The zero-order valence-electron chi connectivity index (χ0n) is 15.3. The molecule has 0 heterocycles. The molecule has 0 unspecified atom stereocenters. The normalized spacial score (nSPS) is 21.8. The van der Waals surface area contributed by atoms with Crippen LogP contribution in [-0.4, -0.2) is 32.9 Å². The van der Waals surface area contributed by atoms with Crippen LogP contribution in [-0.2, 0) is 4.43 Å². The van der Waals surface area contributed by atoms with Gasteiger partial charge in [0.15, 0.2) is 8.32 Å². The summed E-state index contributed by atoms with van der Waals surface area (Å²) in [6, 6.07) is 0.274. The fourth-order valence-corrected chi connectivity index (χ4v) is 4.16. The summed E-state index contributed by atoms with van der Waals surface area (Å²) in [7, 11) is -1.68. The van der Waals surface area contributed by atoms with Crippen LogP contribution in [0, 0.1) is 0 Å². The van der Waals surface area contributed by atoms with Crippen LogP contribution in [0.1, 0.15) is 66.2 Å². The van der Waals surface area contributed by atoms with E-state index >= 15 is 0 Å². The molecule has 0 aromatic carbocycles. The van der Waals surface area contributed by atoms with Gasteiger partial charge < -0.3 is 9.74 Å². The van der Waals surface area contributed by atoms with Gasteiger partial charge >= 0.3 is 0 Å². The average Bonchev–Trinajstić information content (AvgIpc) is 2.34. The lowest BCUT2D eigenvalue weighted by atomic mass is 9.92. The van der Waals surface area contributed by atoms with Gasteiger partial charge in [-0.1, -0.05) is 20.8 Å². The van der Waals surface area contributed by atoms with Crippen molar-refractivity contribution in [2.24, 2.45) is 0 Å². The van der Waals surface area contributed by atoms with Gasteiger partial charge in [-0.2, -0.15) is 0 Å². The Morgan fingerprint density at radius 1 is 1.23 bits per heavy atom. The number of hydrogen-bond acceptors (Lipinski definition) is 2. The molecule has 0 aromatic heterocycles. The van der Waals surface area contributed by atoms with Crippen LogP contribution in [0.4, 0.5) is 8.78 Å². The molecule has 0 aromatic rings. The zero-order valence-corrected chi connectivity index (χ0v) is 16.3. The van der Waals surface area contributed by atoms with E-state index in [1.165, 1.54) is 0 Å². The van der Waals surface area contributed by atoms with E-state index in [1.54, 1.807) is 0 Å². The molecule has 1 aliphatic rings. The molecule has 132 valence electrons. The molecule has 0 spiro atoms. The number of nitrogens with one attached hydrogen (secondary N) is 1. The molecule has 0 bridgehead atoms. The Hall–Kier alpha value is -0.00312. The van der Waals surface area contributed by atoms with E-state index in [0.717, 1.165) is 19.4 Å². The van der Waals surface area contributed by atoms with Crippen molar-refractivity contribution in [3.63, 3.8) is 0 Å². The fraction of sp³-hybridized carbons (Fsp3) is 1.00. The van der Waals surface area contributed by atoms with Crippen LogP contribution in [0.15, 0.2) is 0 Å². The van der Waals surface area contributed by atoms with Gasteiger partial charge in [-0.3, -0.25) is 0 Å². The molecular weight excluding hydrogens is 300 g/mol. The third-order valence-corrected chi connectivity index (χ3v) is 9.84. The molecule has 1 atom stereocenters. The van der Waals surface area contributed by atoms with Crippen molar-refractivity contribution >= 4 is 8.32 Å². The quantitative estimate of drug-likeness (QED) is 0.500. The lowest BCUT2D eigenvalue weighted by Crippen LogP contribution is -2.43. The summed E-state index contributed by atoms with van der Waals surface area (Å²) in [5.74, 6) is -2.43. The minimum atomic E-state index is -2.43. The van der Waals surface area contributed by atoms with Gasteiger partial charge in [0.25, 0.3) is 0 Å². The van der Waals surface area contributed by atoms with Gasteiger partial charge in [0.2, 0.25) is 5.92 Å². The largest absolute Gasteiger partial charge is 0.414 e. The average molecular weight is 336 g/mol. The first-order valence-corrected chi connectivity index (χ1v) is 11.6. The lowest BCUT2D eigenvalue weighted by molar-refractivity contribution is -0.0404. The van der Waals surface area contributed by atoms with Crippen LogP contribution >= 0.6 is 0 Å². The standard InChI is InChI=1S/C17H35F2NOSi/c1-14(21-22(5,6)16(2,3)4)8-7-13-20-15-9-11-17(18,19)12-10-15/h14-15,20H,7-13H2,1-6H3/t14-/m0/s1. The Balaban J connectivity index is 2.17. The smallest absolute Gasteiger partial charge is 0.248 e. The first-order chi connectivity index (χ1) is 9.93. The summed E-state index contributed by atoms with van der Waals surface area (Å²) in [6.45, 7) is 14.4. The van der Waals surface area contributed by atoms with E-state index in [2.05, 4.69) is 46.1 Å². The Bertz CT molecular complexity index is 332. The molecule has 0 aliphatic heterocycles. The second-order valence-electron chi connectivity index (χ2n) is 8.42. The summed E-state index contributed by atoms with van der Waals surface area (Å²) in [4.78, 5) is 0. The van der Waals surface area contributed by atoms with Crippen molar-refractivity contribution in [3.8, 4) is 0 Å². The summed E-state index contributed by atoms with van der Waals surface area (Å²) in [5, 5.41) is 3.67. The predicted octanol–water partition coefficient (Wildman–Crippen LogP) is 5.34. The first kappa shape index (κ1) is 20.0. The monoisotopic (exact) mass is 335 g/mol. The fourth-order valence-electron chi connectivity index (χ4n) is 2.68. The molecule has 22 heavy (non-hydrogen) atoms. The molecule has 0 radical (unpaired) electrons. The molecule has 1 aliphatic carbocycles. The van der Waals surface area contributed by atoms with E-state index in [1.807, 2.05) is 0 Å². The Kier molecular flexibility index (Phi) is 7.03. The second-order valence-corrected chi connectivity index (χ2v) is 13.2. The van der Waals surface area contributed by atoms with Crippen molar-refractivity contribution in [1.29, 1.82) is 0 Å². The SMILES string of the molecule is C[C@@H](CCCNC1CCC(F)(F)CC1)O[Si](C)(C)C(C)(C)C. The maximum atomic E-state index is 13.1. The van der Waals surface area contributed by atoms with E-state index in [9.17, 15) is 8.78 Å². The molecule has 1 N–H and O–H groups in total. The highest BCUT2D eigenvalue weighted by atomic mass is 28.4. The predicted molar refractivity (Wildman–Crippen MR) is 92.2 cm³/mol. The third-order valence-electron chi connectivity index (χ3n) is 5.24. The molecule has 5 heteroatoms. The minimum Gasteiger partial charge on any atom is -0.414 e. The van der Waals surface area contributed by atoms with Gasteiger partial charge in [0, 0.05) is 25.0 Å². The maximum Gasteiger partial charge on any atom is 0.248 e. The van der Waals surface area contributed by atoms with Gasteiger partial charge in [0.05, 0.1) is 0 Å². The van der Waals surface area contributed by atoms with Gasteiger partial charge in [-0.25, -0.2) is 8.78 Å². The van der Waals surface area contributed by atoms with Gasteiger partial charge in [-0.15, -0.1) is 0 Å². The second kappa shape index (κ2) is 7.71. The van der Waals surface area contributed by atoms with E-state index in [-0.39, 0.29) is 30.0 Å². The van der Waals surface area contributed by atoms with Crippen LogP contribution in [0.5, 0.6) is 0 Å². The molecular formula is C17H35F2NOSi. The molecule has 1 saturated carbocycles. The van der Waals surface area contributed by atoms with E-state index < -0.39 is 14.2 Å². The van der Waals surface area contributed by atoms with Crippen LogP contribution in [0.3, 0.4) is 0 Å². The lowest BCUT2D eigenvalue weighted by Gasteiger charge is -2.38. The highest BCUT2D eigenvalue weighted by Crippen LogP contribution is 2.37. The third kappa shape index (κ3) is 6.63. The molecule has 0 saturated heterocycles. The molecule has 1 rings (SSSR count). The Morgan fingerprint density at radius 2 is 1.77 bits per heavy atom. The van der Waals surface area contributed by atoms with Crippen molar-refractivity contribution in [3.05, 3.63) is 0 Å². The summed E-state index contributed by atoms with van der Waals surface area (Å²) in [5.41, 5.74) is 0. The number of halogens is 2. The van der Waals surface area contributed by atoms with Crippen molar-refractivity contribution < 1.29 is 13.2 Å². The summed E-state index contributed by atoms with van der Waals surface area (Å²) < 4.78 is 32.5. The topological polar surface area (TPSA) is 21.3 Å². The zero-order chi connectivity index (χ0) is 17.0. The van der Waals surface area contributed by atoms with Crippen LogP contribution in [0.2, 0.25) is 18.1 Å². The number of rotatable bonds is 7. The van der Waals surface area contributed by atoms with Crippen LogP contribution < -0.4 is 5.32 Å². The number of hydrogen-bond donors (Lipinski definition) is 1. The highest BCUT2D eigenvalue weighted by Gasteiger charge is 2.38. The molecule has 0 amide bonds. The van der Waals surface area contributed by atoms with E-state index in [4.69, 9.17) is 4.43 Å². The summed E-state index contributed by atoms with van der Waals surface area (Å²) in [6.07, 6.45) is 3.63. The van der Waals surface area contributed by atoms with Gasteiger partial charge in [-0.05, 0) is 57.3 Å². The van der Waals surface area contributed by atoms with Crippen molar-refractivity contribution in [2.45, 2.75) is 102 Å². The summed E-state index contributed by atoms with van der Waals surface area (Å²) >= 11 is 0. The highest BCUT2D eigenvalue weighted by molar-refractivity contribution is 6.74. The first-order valence-electron chi connectivity index (χ1n) is 8.72.